The lowest BCUT2D eigenvalue weighted by Crippen LogP contribution is -2.47. The number of aromatic nitrogens is 1. The van der Waals surface area contributed by atoms with Gasteiger partial charge in [0.1, 0.15) is 12.1 Å². The van der Waals surface area contributed by atoms with Gasteiger partial charge in [-0.25, -0.2) is 9.78 Å². The minimum atomic E-state index is -1.16. The first kappa shape index (κ1) is 19.6. The van der Waals surface area contributed by atoms with Crippen molar-refractivity contribution in [1.82, 2.24) is 20.1 Å². The van der Waals surface area contributed by atoms with Crippen LogP contribution in [0.4, 0.5) is 4.79 Å². The molecule has 1 aromatic heterocycles. The van der Waals surface area contributed by atoms with Gasteiger partial charge in [-0.3, -0.25) is 14.5 Å². The van der Waals surface area contributed by atoms with Crippen LogP contribution in [0.2, 0.25) is 0 Å². The Morgan fingerprint density at radius 1 is 1.31 bits per heavy atom. The average Bonchev–Trinajstić information content (AvgIpc) is 3.32. The molecule has 152 valence electrons. The molecule has 7 nitrogen and oxygen atoms in total. The molecule has 0 aliphatic carbocycles. The summed E-state index contributed by atoms with van der Waals surface area (Å²) in [6, 6.07) is 6.95. The Morgan fingerprint density at radius 2 is 2.07 bits per heavy atom. The van der Waals surface area contributed by atoms with Crippen LogP contribution in [0.25, 0.3) is 0 Å². The van der Waals surface area contributed by atoms with E-state index < -0.39 is 17.5 Å². The second kappa shape index (κ2) is 7.59. The van der Waals surface area contributed by atoms with Gasteiger partial charge in [0.05, 0.1) is 5.01 Å². The molecule has 2 fully saturated rings. The maximum absolute atomic E-state index is 13.1. The summed E-state index contributed by atoms with van der Waals surface area (Å²) < 4.78 is 0. The Hall–Kier alpha value is -2.74. The number of hydrogen-bond donors (Lipinski definition) is 1. The molecule has 1 N–H and O–H groups in total. The van der Waals surface area contributed by atoms with Crippen molar-refractivity contribution in [2.75, 3.05) is 19.6 Å². The van der Waals surface area contributed by atoms with E-state index in [-0.39, 0.29) is 18.4 Å². The van der Waals surface area contributed by atoms with Gasteiger partial charge < -0.3 is 10.2 Å². The van der Waals surface area contributed by atoms with Crippen molar-refractivity contribution in [3.63, 3.8) is 0 Å². The average molecular weight is 413 g/mol. The molecule has 2 aliphatic rings. The molecule has 4 amide bonds. The predicted octanol–water partition coefficient (Wildman–Crippen LogP) is 2.62. The number of amides is 4. The molecule has 3 heterocycles. The van der Waals surface area contributed by atoms with Gasteiger partial charge in [0.2, 0.25) is 5.91 Å². The van der Waals surface area contributed by atoms with E-state index in [0.29, 0.717) is 18.7 Å². The molecule has 0 bridgehead atoms. The third-order valence-electron chi connectivity index (χ3n) is 5.77. The number of piperidine rings is 1. The van der Waals surface area contributed by atoms with E-state index in [4.69, 9.17) is 0 Å². The molecule has 2 unspecified atom stereocenters. The lowest BCUT2D eigenvalue weighted by molar-refractivity contribution is -0.139. The van der Waals surface area contributed by atoms with Crippen LogP contribution in [-0.2, 0) is 15.1 Å². The highest BCUT2D eigenvalue weighted by Crippen LogP contribution is 2.30. The number of benzene rings is 1. The summed E-state index contributed by atoms with van der Waals surface area (Å²) in [5.74, 6) is -0.385. The van der Waals surface area contributed by atoms with Crippen LogP contribution in [0, 0.1) is 6.92 Å². The Balaban J connectivity index is 1.46. The monoisotopic (exact) mass is 412 g/mol. The first-order chi connectivity index (χ1) is 13.9. The number of nitrogens with one attached hydrogen (secondary N) is 1. The Bertz CT molecular complexity index is 928. The van der Waals surface area contributed by atoms with E-state index >= 15 is 0 Å². The zero-order valence-electron chi connectivity index (χ0n) is 16.6. The molecule has 29 heavy (non-hydrogen) atoms. The highest BCUT2D eigenvalue weighted by Gasteiger charge is 2.49. The smallest absolute Gasteiger partial charge is 0.325 e. The summed E-state index contributed by atoms with van der Waals surface area (Å²) >= 11 is 1.60. The summed E-state index contributed by atoms with van der Waals surface area (Å²) in [5, 5.41) is 5.74. The molecular formula is C21H24N4O3S. The van der Waals surface area contributed by atoms with E-state index in [1.807, 2.05) is 36.6 Å². The molecule has 8 heteroatoms. The first-order valence-corrected chi connectivity index (χ1v) is 10.6. The Morgan fingerprint density at radius 3 is 2.76 bits per heavy atom. The number of carbonyl (C=O) groups excluding carboxylic acids is 3. The minimum Gasteiger partial charge on any atom is -0.340 e. The molecule has 2 aromatic rings. The maximum atomic E-state index is 13.1. The van der Waals surface area contributed by atoms with Crippen molar-refractivity contribution in [3.05, 3.63) is 52.0 Å². The van der Waals surface area contributed by atoms with Gasteiger partial charge in [-0.05, 0) is 32.3 Å². The largest absolute Gasteiger partial charge is 0.340 e. The van der Waals surface area contributed by atoms with Gasteiger partial charge in [-0.15, -0.1) is 11.3 Å². The number of aryl methyl sites for hydroxylation is 1. The molecule has 0 radical (unpaired) electrons. The van der Waals surface area contributed by atoms with E-state index in [1.54, 1.807) is 29.4 Å². The summed E-state index contributed by atoms with van der Waals surface area (Å²) in [6.45, 7) is 4.62. The van der Waals surface area contributed by atoms with E-state index in [0.717, 1.165) is 28.3 Å². The lowest BCUT2D eigenvalue weighted by Gasteiger charge is -2.32. The number of nitrogens with zero attached hydrogens (tertiary/aromatic N) is 3. The molecule has 2 saturated heterocycles. The number of urea groups is 1. The number of thiazole rings is 1. The molecule has 0 spiro atoms. The van der Waals surface area contributed by atoms with Gasteiger partial charge in [-0.1, -0.05) is 29.8 Å². The van der Waals surface area contributed by atoms with Crippen molar-refractivity contribution in [2.45, 2.75) is 38.1 Å². The summed E-state index contributed by atoms with van der Waals surface area (Å²) in [6.07, 6.45) is 3.66. The molecule has 2 atom stereocenters. The van der Waals surface area contributed by atoms with Crippen LogP contribution in [0.15, 0.2) is 35.8 Å². The highest BCUT2D eigenvalue weighted by atomic mass is 32.1. The fraction of sp³-hybridized carbons (Fsp3) is 0.429. The number of imide groups is 1. The predicted molar refractivity (Wildman–Crippen MR) is 109 cm³/mol. The van der Waals surface area contributed by atoms with E-state index in [1.165, 1.54) is 0 Å². The Labute approximate surface area is 173 Å². The van der Waals surface area contributed by atoms with Crippen LogP contribution in [0.3, 0.4) is 0 Å². The Kier molecular flexibility index (Phi) is 5.12. The van der Waals surface area contributed by atoms with Crippen molar-refractivity contribution in [3.8, 4) is 0 Å². The number of carbonyl (C=O) groups is 3. The fourth-order valence-corrected chi connectivity index (χ4v) is 4.77. The molecule has 4 rings (SSSR count). The lowest BCUT2D eigenvalue weighted by atomic mass is 9.91. The second-order valence-electron chi connectivity index (χ2n) is 7.86. The topological polar surface area (TPSA) is 82.6 Å². The summed E-state index contributed by atoms with van der Waals surface area (Å²) in [4.78, 5) is 45.6. The SMILES string of the molecule is Cc1ccc(C2(C)NC(=O)N(CC(=O)N3CCCC(c4nccs4)C3)C2=O)cc1. The zero-order chi connectivity index (χ0) is 20.6. The van der Waals surface area contributed by atoms with Gasteiger partial charge in [-0.2, -0.15) is 0 Å². The zero-order valence-corrected chi connectivity index (χ0v) is 17.4. The van der Waals surface area contributed by atoms with E-state index in [2.05, 4.69) is 10.3 Å². The van der Waals surface area contributed by atoms with Crippen LogP contribution in [-0.4, -0.2) is 52.3 Å². The fourth-order valence-electron chi connectivity index (χ4n) is 4.00. The highest BCUT2D eigenvalue weighted by molar-refractivity contribution is 7.09. The molecular weight excluding hydrogens is 388 g/mol. The van der Waals surface area contributed by atoms with Crippen LogP contribution >= 0.6 is 11.3 Å². The van der Waals surface area contributed by atoms with Gasteiger partial charge >= 0.3 is 6.03 Å². The van der Waals surface area contributed by atoms with Crippen LogP contribution in [0.5, 0.6) is 0 Å². The normalized spacial score (nSPS) is 24.7. The second-order valence-corrected chi connectivity index (χ2v) is 8.79. The van der Waals surface area contributed by atoms with Crippen molar-refractivity contribution < 1.29 is 14.4 Å². The standard InChI is InChI=1S/C21H24N4O3S/c1-14-5-7-16(8-6-14)21(2)19(27)25(20(28)23-21)13-17(26)24-10-3-4-15(12-24)18-22-9-11-29-18/h5-9,11,15H,3-4,10,12-13H2,1-2H3,(H,23,28). The molecule has 0 saturated carbocycles. The van der Waals surface area contributed by atoms with Crippen LogP contribution < -0.4 is 5.32 Å². The third-order valence-corrected chi connectivity index (χ3v) is 6.71. The van der Waals surface area contributed by atoms with Gasteiger partial charge in [0.25, 0.3) is 5.91 Å². The number of likely N-dealkylation sites (tertiary alicyclic amines) is 1. The summed E-state index contributed by atoms with van der Waals surface area (Å²) in [5.41, 5.74) is 0.621. The molecule has 1 aromatic carbocycles. The third kappa shape index (κ3) is 3.64. The van der Waals surface area contributed by atoms with Crippen molar-refractivity contribution in [1.29, 1.82) is 0 Å². The van der Waals surface area contributed by atoms with E-state index in [9.17, 15) is 14.4 Å². The quantitative estimate of drug-likeness (QED) is 0.783. The summed E-state index contributed by atoms with van der Waals surface area (Å²) in [7, 11) is 0. The first-order valence-electron chi connectivity index (χ1n) is 9.77. The van der Waals surface area contributed by atoms with Crippen LogP contribution in [0.1, 0.15) is 41.8 Å². The minimum absolute atomic E-state index is 0.206. The number of hydrogen-bond acceptors (Lipinski definition) is 5. The van der Waals surface area contributed by atoms with Crippen molar-refractivity contribution >= 4 is 29.2 Å². The van der Waals surface area contributed by atoms with Crippen molar-refractivity contribution in [2.24, 2.45) is 0 Å². The molecule has 2 aliphatic heterocycles. The van der Waals surface area contributed by atoms with Gasteiger partial charge in [0.15, 0.2) is 0 Å². The number of rotatable bonds is 4. The van der Waals surface area contributed by atoms with Gasteiger partial charge in [0, 0.05) is 30.6 Å². The maximum Gasteiger partial charge on any atom is 0.325 e.